The van der Waals surface area contributed by atoms with Gasteiger partial charge in [0.15, 0.2) is 0 Å². The predicted molar refractivity (Wildman–Crippen MR) is 198 cm³/mol. The first kappa shape index (κ1) is 37.6. The third-order valence-corrected chi connectivity index (χ3v) is 11.0. The Bertz CT molecular complexity index is 1840. The van der Waals surface area contributed by atoms with Gasteiger partial charge in [-0.15, -0.1) is 53.1 Å². The minimum Gasteiger partial charge on any atom is -0.305 e. The molecule has 253 valence electrons. The molecule has 1 aliphatic rings. The van der Waals surface area contributed by atoms with Gasteiger partial charge in [-0.3, -0.25) is 4.39 Å². The minimum absolute atomic E-state index is 0. The van der Waals surface area contributed by atoms with Gasteiger partial charge in [0.2, 0.25) is 0 Å². The molecule has 0 spiro atoms. The number of hydrogen-bond donors (Lipinski definition) is 0. The van der Waals surface area contributed by atoms with E-state index in [1.807, 2.05) is 12.4 Å². The number of hydrogen-bond acceptors (Lipinski definition) is 2. The largest absolute Gasteiger partial charge is 0.305 e. The fourth-order valence-corrected chi connectivity index (χ4v) is 8.02. The summed E-state index contributed by atoms with van der Waals surface area (Å²) in [5.74, 6) is -0.220. The van der Waals surface area contributed by atoms with Crippen molar-refractivity contribution in [1.82, 2.24) is 9.97 Å². The standard InChI is InChI=1S/C23H22N.C20H27FNSi.Ir/c1-17-16-24-23(15-20(17)14-18-8-3-2-4-9-18)22-13-7-11-19-10-5-6-12-21(19)22;1-14-9-8-10-16(19(14)21)17-11-15(12-20(2,3)4)18(13-22-17)23(5,6)7;/h2-4,7-9,11,15-16H,5-6,10,12,14H2,1H3;8-9,11,13H,12H2,1-7H3;/q2*-1;. The molecule has 0 saturated heterocycles. The van der Waals surface area contributed by atoms with Gasteiger partial charge in [-0.05, 0) is 64.9 Å². The third-order valence-electron chi connectivity index (χ3n) is 8.93. The van der Waals surface area contributed by atoms with Crippen molar-refractivity contribution < 1.29 is 24.5 Å². The van der Waals surface area contributed by atoms with Gasteiger partial charge in [-0.2, -0.15) is 0 Å². The minimum atomic E-state index is -1.49. The van der Waals surface area contributed by atoms with Crippen molar-refractivity contribution in [1.29, 1.82) is 0 Å². The Morgan fingerprint density at radius 2 is 1.40 bits per heavy atom. The van der Waals surface area contributed by atoms with Crippen LogP contribution in [0.15, 0.2) is 79.1 Å². The molecule has 2 aromatic heterocycles. The maximum absolute atomic E-state index is 14.4. The molecule has 2 heterocycles. The number of pyridine rings is 2. The van der Waals surface area contributed by atoms with Crippen LogP contribution in [0.25, 0.3) is 22.5 Å². The molecule has 0 bridgehead atoms. The summed E-state index contributed by atoms with van der Waals surface area (Å²) >= 11 is 0. The van der Waals surface area contributed by atoms with Crippen LogP contribution in [0.1, 0.15) is 72.6 Å². The van der Waals surface area contributed by atoms with E-state index in [0.717, 1.165) is 25.0 Å². The number of nitrogens with zero attached hydrogens (tertiary/aromatic N) is 2. The van der Waals surface area contributed by atoms with Crippen molar-refractivity contribution in [2.45, 2.75) is 92.8 Å². The number of halogens is 1. The molecule has 3 aromatic carbocycles. The smallest absolute Gasteiger partial charge is 0.0798 e. The second-order valence-corrected chi connectivity index (χ2v) is 20.3. The summed E-state index contributed by atoms with van der Waals surface area (Å²) in [5, 5.41) is 1.37. The Kier molecular flexibility index (Phi) is 12.5. The van der Waals surface area contributed by atoms with E-state index in [1.165, 1.54) is 63.4 Å². The van der Waals surface area contributed by atoms with Crippen molar-refractivity contribution in [3.8, 4) is 22.5 Å². The van der Waals surface area contributed by atoms with Gasteiger partial charge >= 0.3 is 0 Å². The van der Waals surface area contributed by atoms with Crippen LogP contribution in [-0.4, -0.2) is 18.0 Å². The van der Waals surface area contributed by atoms with Crippen LogP contribution in [0, 0.1) is 37.2 Å². The third kappa shape index (κ3) is 9.46. The van der Waals surface area contributed by atoms with Crippen LogP contribution >= 0.6 is 0 Å². The molecule has 0 atom stereocenters. The first-order valence-electron chi connectivity index (χ1n) is 17.0. The molecule has 1 radical (unpaired) electrons. The van der Waals surface area contributed by atoms with Crippen molar-refractivity contribution in [3.63, 3.8) is 0 Å². The van der Waals surface area contributed by atoms with Crippen LogP contribution in [0.3, 0.4) is 0 Å². The molecule has 0 fully saturated rings. The monoisotopic (exact) mass is 833 g/mol. The van der Waals surface area contributed by atoms with E-state index >= 15 is 0 Å². The SMILES string of the molecule is Cc1cc[c-]c(-c2cc(CC(C)(C)C)c([Si](C)(C)C)cn2)c1F.Cc1cnc(-c2[c-]ccc3c2CCCC3)cc1Cc1ccccc1.[Ir]. The van der Waals surface area contributed by atoms with Crippen molar-refractivity contribution in [3.05, 3.63) is 136 Å². The van der Waals surface area contributed by atoms with Gasteiger partial charge in [-0.1, -0.05) is 126 Å². The molecular weight excluding hydrogens is 784 g/mol. The summed E-state index contributed by atoms with van der Waals surface area (Å²) in [7, 11) is -1.49. The number of aryl methyl sites for hydroxylation is 3. The Labute approximate surface area is 303 Å². The first-order chi connectivity index (χ1) is 22.3. The second-order valence-electron chi connectivity index (χ2n) is 15.3. The van der Waals surface area contributed by atoms with E-state index in [4.69, 9.17) is 4.98 Å². The van der Waals surface area contributed by atoms with Gasteiger partial charge in [0.1, 0.15) is 0 Å². The van der Waals surface area contributed by atoms with E-state index in [2.05, 4.69) is 119 Å². The molecule has 1 aliphatic carbocycles. The Balaban J connectivity index is 0.000000213. The van der Waals surface area contributed by atoms with E-state index in [-0.39, 0.29) is 31.3 Å². The number of benzene rings is 3. The average molecular weight is 833 g/mol. The zero-order valence-electron chi connectivity index (χ0n) is 29.9. The van der Waals surface area contributed by atoms with Crippen LogP contribution in [0.5, 0.6) is 0 Å². The molecule has 0 amide bonds. The van der Waals surface area contributed by atoms with Crippen LogP contribution in [0.4, 0.5) is 4.39 Å². The van der Waals surface area contributed by atoms with Crippen molar-refractivity contribution >= 4 is 13.3 Å². The molecule has 48 heavy (non-hydrogen) atoms. The summed E-state index contributed by atoms with van der Waals surface area (Å²) in [6, 6.07) is 29.3. The van der Waals surface area contributed by atoms with Crippen LogP contribution < -0.4 is 5.19 Å². The number of fused-ring (bicyclic) bond motifs is 1. The molecule has 5 aromatic rings. The van der Waals surface area contributed by atoms with E-state index < -0.39 is 8.07 Å². The molecule has 0 unspecified atom stereocenters. The molecular formula is C43H49FIrN2Si-2. The van der Waals surface area contributed by atoms with Crippen LogP contribution in [-0.2, 0) is 45.8 Å². The Morgan fingerprint density at radius 3 is 2.10 bits per heavy atom. The molecule has 0 saturated carbocycles. The summed E-state index contributed by atoms with van der Waals surface area (Å²) in [6.07, 6.45) is 10.8. The fraction of sp³-hybridized carbons (Fsp3) is 0.349. The van der Waals surface area contributed by atoms with Gasteiger partial charge in [-0.25, -0.2) is 0 Å². The molecule has 5 heteroatoms. The summed E-state index contributed by atoms with van der Waals surface area (Å²) in [5.41, 5.74) is 12.5. The maximum atomic E-state index is 14.4. The van der Waals surface area contributed by atoms with Gasteiger partial charge in [0.05, 0.1) is 8.07 Å². The first-order valence-corrected chi connectivity index (χ1v) is 20.5. The summed E-state index contributed by atoms with van der Waals surface area (Å²) in [6.45, 7) is 17.6. The quantitative estimate of drug-likeness (QED) is 0.126. The normalized spacial score (nSPS) is 12.8. The molecule has 6 rings (SSSR count). The zero-order chi connectivity index (χ0) is 33.8. The number of aromatic nitrogens is 2. The van der Waals surface area contributed by atoms with E-state index in [0.29, 0.717) is 16.8 Å². The molecule has 0 aliphatic heterocycles. The Hall–Kier alpha value is -3.24. The molecule has 2 nitrogen and oxygen atoms in total. The van der Waals surface area contributed by atoms with Gasteiger partial charge in [0, 0.05) is 38.3 Å². The average Bonchev–Trinajstić information content (AvgIpc) is 3.03. The number of rotatable bonds is 6. The maximum Gasteiger partial charge on any atom is 0.0798 e. The zero-order valence-corrected chi connectivity index (χ0v) is 33.2. The summed E-state index contributed by atoms with van der Waals surface area (Å²) in [4.78, 5) is 9.30. The fourth-order valence-electron chi connectivity index (χ4n) is 6.44. The van der Waals surface area contributed by atoms with E-state index in [9.17, 15) is 4.39 Å². The van der Waals surface area contributed by atoms with Crippen molar-refractivity contribution in [2.75, 3.05) is 0 Å². The van der Waals surface area contributed by atoms with Crippen molar-refractivity contribution in [2.24, 2.45) is 5.41 Å². The van der Waals surface area contributed by atoms with E-state index in [1.54, 1.807) is 19.1 Å². The summed E-state index contributed by atoms with van der Waals surface area (Å²) < 4.78 is 14.4. The predicted octanol–water partition coefficient (Wildman–Crippen LogP) is 10.5. The topological polar surface area (TPSA) is 25.8 Å². The molecule has 0 N–H and O–H groups in total. The van der Waals surface area contributed by atoms with Crippen LogP contribution in [0.2, 0.25) is 19.6 Å². The second kappa shape index (κ2) is 16.0. The Morgan fingerprint density at radius 1 is 0.771 bits per heavy atom. The van der Waals surface area contributed by atoms with Gasteiger partial charge < -0.3 is 9.97 Å². The van der Waals surface area contributed by atoms with Gasteiger partial charge in [0.25, 0.3) is 0 Å².